The number of nitrogens with one attached hydrogen (secondary N) is 2. The van der Waals surface area contributed by atoms with Gasteiger partial charge in [0.05, 0.1) is 5.75 Å². The van der Waals surface area contributed by atoms with Crippen molar-refractivity contribution in [3.63, 3.8) is 0 Å². The summed E-state index contributed by atoms with van der Waals surface area (Å²) in [6, 6.07) is 5.31. The molecule has 1 aliphatic carbocycles. The van der Waals surface area contributed by atoms with Crippen molar-refractivity contribution < 1.29 is 13.2 Å². The van der Waals surface area contributed by atoms with Crippen molar-refractivity contribution in [1.29, 1.82) is 0 Å². The quantitative estimate of drug-likeness (QED) is 0.866. The van der Waals surface area contributed by atoms with Gasteiger partial charge in [0.15, 0.2) is 0 Å². The van der Waals surface area contributed by atoms with E-state index in [4.69, 9.17) is 0 Å². The Morgan fingerprint density at radius 3 is 2.70 bits per heavy atom. The lowest BCUT2D eigenvalue weighted by molar-refractivity contribution is -0.116. The molecule has 1 saturated carbocycles. The molecule has 3 rings (SSSR count). The Morgan fingerprint density at radius 2 is 1.91 bits per heavy atom. The molecule has 0 aromatic heterocycles. The highest BCUT2D eigenvalue weighted by Crippen LogP contribution is 2.28. The highest BCUT2D eigenvalue weighted by molar-refractivity contribution is 7.92. The molecule has 2 N–H and O–H groups in total. The van der Waals surface area contributed by atoms with Crippen molar-refractivity contribution >= 4 is 27.3 Å². The Bertz CT molecular complexity index is 679. The van der Waals surface area contributed by atoms with Crippen molar-refractivity contribution in [3.8, 4) is 0 Å². The molecule has 1 aromatic carbocycles. The Morgan fingerprint density at radius 1 is 1.13 bits per heavy atom. The van der Waals surface area contributed by atoms with Crippen LogP contribution in [-0.2, 0) is 21.2 Å². The fourth-order valence-electron chi connectivity index (χ4n) is 3.48. The van der Waals surface area contributed by atoms with Crippen LogP contribution in [0, 0.1) is 5.92 Å². The molecule has 0 bridgehead atoms. The predicted octanol–water partition coefficient (Wildman–Crippen LogP) is 3.28. The molecule has 6 heteroatoms. The number of fused-ring (bicyclic) bond motifs is 1. The molecule has 0 saturated heterocycles. The van der Waals surface area contributed by atoms with Crippen molar-refractivity contribution in [1.82, 2.24) is 0 Å². The third-order valence-corrected chi connectivity index (χ3v) is 6.11. The Labute approximate surface area is 137 Å². The molecule has 23 heavy (non-hydrogen) atoms. The average Bonchev–Trinajstić information content (AvgIpc) is 2.54. The zero-order chi connectivity index (χ0) is 16.3. The van der Waals surface area contributed by atoms with E-state index in [0.717, 1.165) is 30.5 Å². The first kappa shape index (κ1) is 16.3. The van der Waals surface area contributed by atoms with Gasteiger partial charge in [0.2, 0.25) is 15.9 Å². The third-order valence-electron chi connectivity index (χ3n) is 4.79. The van der Waals surface area contributed by atoms with Gasteiger partial charge < -0.3 is 5.32 Å². The largest absolute Gasteiger partial charge is 0.326 e. The van der Waals surface area contributed by atoms with Gasteiger partial charge in [0.1, 0.15) is 0 Å². The Hall–Kier alpha value is -1.56. The monoisotopic (exact) mass is 336 g/mol. The third kappa shape index (κ3) is 4.47. The van der Waals surface area contributed by atoms with E-state index >= 15 is 0 Å². The number of rotatable bonds is 5. The van der Waals surface area contributed by atoms with Crippen molar-refractivity contribution in [2.75, 3.05) is 15.8 Å². The number of hydrogen-bond donors (Lipinski definition) is 2. The number of aryl methyl sites for hydroxylation is 1. The molecular weight excluding hydrogens is 312 g/mol. The highest BCUT2D eigenvalue weighted by Gasteiger charge is 2.19. The van der Waals surface area contributed by atoms with Crippen LogP contribution in [-0.4, -0.2) is 20.1 Å². The smallest absolute Gasteiger partial charge is 0.232 e. The van der Waals surface area contributed by atoms with E-state index in [-0.39, 0.29) is 11.7 Å². The number of carbonyl (C=O) groups excluding carboxylic acids is 1. The molecule has 1 heterocycles. The van der Waals surface area contributed by atoms with Crippen molar-refractivity contribution in [2.45, 2.75) is 51.4 Å². The maximum absolute atomic E-state index is 12.3. The summed E-state index contributed by atoms with van der Waals surface area (Å²) in [7, 11) is -3.31. The van der Waals surface area contributed by atoms with Gasteiger partial charge in [-0.05, 0) is 42.5 Å². The summed E-state index contributed by atoms with van der Waals surface area (Å²) < 4.78 is 27.2. The number of hydrogen-bond acceptors (Lipinski definition) is 3. The molecule has 0 atom stereocenters. The summed E-state index contributed by atoms with van der Waals surface area (Å²) >= 11 is 0. The van der Waals surface area contributed by atoms with Crippen LogP contribution in [0.2, 0.25) is 0 Å². The molecule has 1 aliphatic heterocycles. The second-order valence-electron chi connectivity index (χ2n) is 6.63. The minimum absolute atomic E-state index is 0.0123. The van der Waals surface area contributed by atoms with Gasteiger partial charge in [-0.1, -0.05) is 32.1 Å². The molecule has 2 aliphatic rings. The number of carbonyl (C=O) groups is 1. The van der Waals surface area contributed by atoms with Crippen LogP contribution >= 0.6 is 0 Å². The molecular formula is C17H24N2O3S. The number of benzene rings is 1. The Balaban J connectivity index is 1.60. The predicted molar refractivity (Wildman–Crippen MR) is 92.0 cm³/mol. The second kappa shape index (κ2) is 6.91. The van der Waals surface area contributed by atoms with Crippen LogP contribution in [0.5, 0.6) is 0 Å². The summed E-state index contributed by atoms with van der Waals surface area (Å²) in [5, 5.41) is 2.80. The van der Waals surface area contributed by atoms with Crippen LogP contribution in [0.15, 0.2) is 18.2 Å². The fraction of sp³-hybridized carbons (Fsp3) is 0.588. The molecule has 126 valence electrons. The lowest BCUT2D eigenvalue weighted by Gasteiger charge is -2.21. The van der Waals surface area contributed by atoms with E-state index in [1.165, 1.54) is 19.3 Å². The molecule has 1 amide bonds. The zero-order valence-electron chi connectivity index (χ0n) is 13.3. The molecule has 1 aromatic rings. The molecule has 1 fully saturated rings. The summed E-state index contributed by atoms with van der Waals surface area (Å²) in [4.78, 5) is 11.4. The summed E-state index contributed by atoms with van der Waals surface area (Å²) in [5.74, 6) is 0.753. The first-order chi connectivity index (χ1) is 11.0. The van der Waals surface area contributed by atoms with Gasteiger partial charge in [0.25, 0.3) is 0 Å². The lowest BCUT2D eigenvalue weighted by atomic mass is 9.88. The summed E-state index contributed by atoms with van der Waals surface area (Å²) in [6.45, 7) is 0. The topological polar surface area (TPSA) is 75.3 Å². The minimum atomic E-state index is -3.31. The first-order valence-electron chi connectivity index (χ1n) is 8.45. The van der Waals surface area contributed by atoms with Crippen LogP contribution in [0.25, 0.3) is 0 Å². The number of sulfonamides is 1. The van der Waals surface area contributed by atoms with E-state index in [1.54, 1.807) is 12.1 Å². The van der Waals surface area contributed by atoms with Gasteiger partial charge in [-0.2, -0.15) is 0 Å². The summed E-state index contributed by atoms with van der Waals surface area (Å²) in [5.41, 5.74) is 2.35. The van der Waals surface area contributed by atoms with Crippen LogP contribution in [0.3, 0.4) is 0 Å². The maximum Gasteiger partial charge on any atom is 0.232 e. The lowest BCUT2D eigenvalue weighted by Crippen LogP contribution is -2.21. The number of anilines is 2. The summed E-state index contributed by atoms with van der Waals surface area (Å²) in [6.07, 6.45) is 7.92. The van der Waals surface area contributed by atoms with Crippen LogP contribution in [0.1, 0.15) is 50.5 Å². The van der Waals surface area contributed by atoms with E-state index in [1.807, 2.05) is 6.07 Å². The first-order valence-corrected chi connectivity index (χ1v) is 10.1. The van der Waals surface area contributed by atoms with E-state index in [0.29, 0.717) is 24.4 Å². The fourth-order valence-corrected chi connectivity index (χ4v) is 4.71. The zero-order valence-corrected chi connectivity index (χ0v) is 14.1. The van der Waals surface area contributed by atoms with Gasteiger partial charge in [-0.15, -0.1) is 0 Å². The minimum Gasteiger partial charge on any atom is -0.326 e. The van der Waals surface area contributed by atoms with Gasteiger partial charge in [-0.3, -0.25) is 9.52 Å². The molecule has 0 radical (unpaired) electrons. The van der Waals surface area contributed by atoms with Gasteiger partial charge in [0, 0.05) is 17.8 Å². The van der Waals surface area contributed by atoms with E-state index in [9.17, 15) is 13.2 Å². The average molecular weight is 336 g/mol. The van der Waals surface area contributed by atoms with Crippen LogP contribution < -0.4 is 10.0 Å². The number of amides is 1. The molecule has 0 spiro atoms. The van der Waals surface area contributed by atoms with Gasteiger partial charge in [-0.25, -0.2) is 8.42 Å². The SMILES string of the molecule is O=C1CCc2cc(NS(=O)(=O)CCC3CCCCC3)ccc2N1. The van der Waals surface area contributed by atoms with Crippen molar-refractivity contribution in [3.05, 3.63) is 23.8 Å². The highest BCUT2D eigenvalue weighted by atomic mass is 32.2. The maximum atomic E-state index is 12.3. The van der Waals surface area contributed by atoms with Gasteiger partial charge >= 0.3 is 0 Å². The van der Waals surface area contributed by atoms with E-state index < -0.39 is 10.0 Å². The van der Waals surface area contributed by atoms with Crippen LogP contribution in [0.4, 0.5) is 11.4 Å². The standard InChI is InChI=1S/C17H24N2O3S/c20-17-9-6-14-12-15(7-8-16(14)18-17)19-23(21,22)11-10-13-4-2-1-3-5-13/h7-8,12-13,19H,1-6,9-11H2,(H,18,20). The van der Waals surface area contributed by atoms with Crippen molar-refractivity contribution in [2.24, 2.45) is 5.92 Å². The normalized spacial score (nSPS) is 19.0. The second-order valence-corrected chi connectivity index (χ2v) is 8.48. The van der Waals surface area contributed by atoms with E-state index in [2.05, 4.69) is 10.0 Å². The molecule has 0 unspecified atom stereocenters. The molecule has 5 nitrogen and oxygen atoms in total. The Kier molecular flexibility index (Phi) is 4.90.